The zero-order valence-corrected chi connectivity index (χ0v) is 14.4. The van der Waals surface area contributed by atoms with E-state index in [1.165, 1.54) is 0 Å². The third kappa shape index (κ3) is 3.70. The molecule has 0 unspecified atom stereocenters. The van der Waals surface area contributed by atoms with E-state index < -0.39 is 5.82 Å². The van der Waals surface area contributed by atoms with Crippen LogP contribution in [0.4, 0.5) is 22.0 Å². The Morgan fingerprint density at radius 3 is 2.67 bits per heavy atom. The molecule has 3 rings (SSSR count). The highest BCUT2D eigenvalue weighted by atomic mass is 35.5. The van der Waals surface area contributed by atoms with Crippen molar-refractivity contribution in [1.82, 2.24) is 20.2 Å². The minimum atomic E-state index is -0.577. The number of morpholine rings is 1. The first kappa shape index (κ1) is 16.8. The predicted octanol–water partition coefficient (Wildman–Crippen LogP) is 2.72. The number of hydrogen-bond donors (Lipinski definition) is 1. The molecule has 2 atom stereocenters. The number of rotatable bonds is 3. The van der Waals surface area contributed by atoms with Crippen LogP contribution in [-0.4, -0.2) is 45.5 Å². The molecule has 0 radical (unpaired) electrons. The van der Waals surface area contributed by atoms with E-state index in [2.05, 4.69) is 25.5 Å². The van der Waals surface area contributed by atoms with Crippen LogP contribution in [0.1, 0.15) is 19.5 Å². The molecule has 7 nitrogen and oxygen atoms in total. The van der Waals surface area contributed by atoms with E-state index in [4.69, 9.17) is 16.3 Å². The van der Waals surface area contributed by atoms with Gasteiger partial charge >= 0.3 is 0 Å². The number of nitrogens with one attached hydrogen (secondary N) is 1. The molecule has 3 heterocycles. The van der Waals surface area contributed by atoms with E-state index in [0.717, 1.165) is 6.20 Å². The van der Waals surface area contributed by atoms with Crippen molar-refractivity contribution in [3.8, 4) is 0 Å². The van der Waals surface area contributed by atoms with Gasteiger partial charge in [0, 0.05) is 19.2 Å². The Morgan fingerprint density at radius 2 is 2.00 bits per heavy atom. The quantitative estimate of drug-likeness (QED) is 0.910. The van der Waals surface area contributed by atoms with E-state index in [0.29, 0.717) is 35.6 Å². The van der Waals surface area contributed by atoms with Crippen molar-refractivity contribution >= 4 is 29.2 Å². The fourth-order valence-electron chi connectivity index (χ4n) is 2.55. The number of aromatic nitrogens is 4. The Morgan fingerprint density at radius 1 is 1.29 bits per heavy atom. The van der Waals surface area contributed by atoms with Crippen LogP contribution >= 0.6 is 11.6 Å². The van der Waals surface area contributed by atoms with Gasteiger partial charge in [-0.05, 0) is 20.8 Å². The van der Waals surface area contributed by atoms with Crippen LogP contribution in [0, 0.1) is 12.7 Å². The van der Waals surface area contributed by atoms with Crippen molar-refractivity contribution in [2.75, 3.05) is 23.3 Å². The van der Waals surface area contributed by atoms with Gasteiger partial charge in [-0.15, -0.1) is 5.10 Å². The Kier molecular flexibility index (Phi) is 4.77. The summed E-state index contributed by atoms with van der Waals surface area (Å²) in [6.45, 7) is 6.99. The number of nitrogens with zero attached hydrogens (tertiary/aromatic N) is 5. The molecule has 0 spiro atoms. The molecule has 0 bridgehead atoms. The molecule has 2 aromatic heterocycles. The van der Waals surface area contributed by atoms with Crippen LogP contribution in [0.25, 0.3) is 0 Å². The molecule has 1 fully saturated rings. The number of halogens is 2. The molecule has 1 aliphatic heterocycles. The molecule has 9 heteroatoms. The molecule has 0 saturated carbocycles. The average Bonchev–Trinajstić information content (AvgIpc) is 2.52. The largest absolute Gasteiger partial charge is 0.372 e. The minimum absolute atomic E-state index is 0.0287. The lowest BCUT2D eigenvalue weighted by Crippen LogP contribution is -2.46. The summed E-state index contributed by atoms with van der Waals surface area (Å²) in [5.74, 6) is 0.206. The third-order valence-corrected chi connectivity index (χ3v) is 3.98. The lowest BCUT2D eigenvalue weighted by Gasteiger charge is -2.35. The summed E-state index contributed by atoms with van der Waals surface area (Å²) in [5, 5.41) is 11.1. The van der Waals surface area contributed by atoms with Gasteiger partial charge in [0.25, 0.3) is 0 Å². The van der Waals surface area contributed by atoms with Crippen LogP contribution in [0.15, 0.2) is 12.3 Å². The first-order valence-electron chi connectivity index (χ1n) is 7.62. The van der Waals surface area contributed by atoms with E-state index in [1.807, 2.05) is 18.7 Å². The minimum Gasteiger partial charge on any atom is -0.372 e. The predicted molar refractivity (Wildman–Crippen MR) is 89.3 cm³/mol. The van der Waals surface area contributed by atoms with Gasteiger partial charge in [0.2, 0.25) is 5.95 Å². The Balaban J connectivity index is 1.84. The topological polar surface area (TPSA) is 76.1 Å². The molecular weight excluding hydrogens is 335 g/mol. The van der Waals surface area contributed by atoms with Gasteiger partial charge in [-0.3, -0.25) is 0 Å². The highest BCUT2D eigenvalue weighted by Gasteiger charge is 2.24. The first-order valence-corrected chi connectivity index (χ1v) is 8.00. The lowest BCUT2D eigenvalue weighted by molar-refractivity contribution is -0.00572. The highest BCUT2D eigenvalue weighted by molar-refractivity contribution is 6.31. The zero-order valence-electron chi connectivity index (χ0n) is 13.6. The first-order chi connectivity index (χ1) is 11.4. The molecule has 24 heavy (non-hydrogen) atoms. The van der Waals surface area contributed by atoms with Crippen LogP contribution < -0.4 is 10.2 Å². The van der Waals surface area contributed by atoms with Crippen LogP contribution in [0.5, 0.6) is 0 Å². The fourth-order valence-corrected chi connectivity index (χ4v) is 2.69. The smallest absolute Gasteiger partial charge is 0.227 e. The van der Waals surface area contributed by atoms with E-state index in [-0.39, 0.29) is 18.0 Å². The summed E-state index contributed by atoms with van der Waals surface area (Å²) < 4.78 is 19.7. The second-order valence-electron chi connectivity index (χ2n) is 5.82. The van der Waals surface area contributed by atoms with Gasteiger partial charge in [-0.1, -0.05) is 11.6 Å². The van der Waals surface area contributed by atoms with Crippen molar-refractivity contribution in [3.05, 3.63) is 28.8 Å². The van der Waals surface area contributed by atoms with Crippen molar-refractivity contribution in [2.24, 2.45) is 0 Å². The molecule has 1 aliphatic rings. The number of ether oxygens (including phenoxy) is 1. The normalized spacial score (nSPS) is 21.0. The van der Waals surface area contributed by atoms with Crippen LogP contribution in [0.3, 0.4) is 0 Å². The van der Waals surface area contributed by atoms with Crippen LogP contribution in [0.2, 0.25) is 5.02 Å². The molecule has 0 aromatic carbocycles. The summed E-state index contributed by atoms with van der Waals surface area (Å²) in [4.78, 5) is 10.3. The van der Waals surface area contributed by atoms with E-state index in [9.17, 15) is 4.39 Å². The average molecular weight is 353 g/mol. The summed E-state index contributed by atoms with van der Waals surface area (Å²) >= 11 is 6.01. The Hall–Kier alpha value is -2.06. The second kappa shape index (κ2) is 6.82. The molecule has 0 aliphatic carbocycles. The monoisotopic (exact) mass is 352 g/mol. The second-order valence-corrected chi connectivity index (χ2v) is 6.22. The maximum atomic E-state index is 14.0. The van der Waals surface area contributed by atoms with Gasteiger partial charge in [0.15, 0.2) is 17.5 Å². The van der Waals surface area contributed by atoms with Gasteiger partial charge < -0.3 is 15.0 Å². The van der Waals surface area contributed by atoms with Crippen molar-refractivity contribution < 1.29 is 9.13 Å². The summed E-state index contributed by atoms with van der Waals surface area (Å²) in [6.07, 6.45) is 1.25. The summed E-state index contributed by atoms with van der Waals surface area (Å²) in [7, 11) is 0. The Labute approximate surface area is 144 Å². The molecular formula is C15H18ClFN6O. The molecule has 1 N–H and O–H groups in total. The highest BCUT2D eigenvalue weighted by Crippen LogP contribution is 2.23. The molecule has 1 saturated heterocycles. The molecule has 2 aromatic rings. The lowest BCUT2D eigenvalue weighted by atomic mass is 10.2. The summed E-state index contributed by atoms with van der Waals surface area (Å²) in [5.41, 5.74) is 0.599. The number of anilines is 3. The zero-order chi connectivity index (χ0) is 17.3. The number of hydrogen-bond acceptors (Lipinski definition) is 7. The van der Waals surface area contributed by atoms with Gasteiger partial charge in [0.1, 0.15) is 0 Å². The van der Waals surface area contributed by atoms with Gasteiger partial charge in [-0.25, -0.2) is 9.37 Å². The van der Waals surface area contributed by atoms with E-state index in [1.54, 1.807) is 13.0 Å². The van der Waals surface area contributed by atoms with Crippen molar-refractivity contribution in [3.63, 3.8) is 0 Å². The third-order valence-electron chi connectivity index (χ3n) is 3.60. The molecule has 0 amide bonds. The van der Waals surface area contributed by atoms with Gasteiger partial charge in [0.05, 0.1) is 29.1 Å². The SMILES string of the molecule is Cc1nnc(Nc2nc(N3C[C@@H](C)O[C@@H](C)C3)ncc2F)cc1Cl. The maximum absolute atomic E-state index is 14.0. The molecule has 128 valence electrons. The van der Waals surface area contributed by atoms with Crippen molar-refractivity contribution in [1.29, 1.82) is 0 Å². The van der Waals surface area contributed by atoms with Crippen LogP contribution in [-0.2, 0) is 4.74 Å². The standard InChI is InChI=1S/C15H18ClFN6O/c1-8-6-23(7-9(2)24-8)15-18-5-12(17)14(20-15)19-13-4-11(16)10(3)21-22-13/h4-5,8-9H,6-7H2,1-3H3,(H,18,19,20,22)/t8-,9+. The fraction of sp³-hybridized carbons (Fsp3) is 0.467. The number of aryl methyl sites for hydroxylation is 1. The summed E-state index contributed by atoms with van der Waals surface area (Å²) in [6, 6.07) is 1.57. The maximum Gasteiger partial charge on any atom is 0.227 e. The Bertz CT molecular complexity index is 736. The van der Waals surface area contributed by atoms with Crippen molar-refractivity contribution in [2.45, 2.75) is 33.0 Å². The van der Waals surface area contributed by atoms with E-state index >= 15 is 0 Å². The van der Waals surface area contributed by atoms with Gasteiger partial charge in [-0.2, -0.15) is 10.1 Å².